The fraction of sp³-hybridized carbons (Fsp3) is 0.280. The highest BCUT2D eigenvalue weighted by atomic mass is 16.2. The SMILES string of the molecule is CC(C)=CCn1cc(C[C@@H]2NC(=O)[C@H](Cc3ccccc3)NC2=O)c2ccccc21. The summed E-state index contributed by atoms with van der Waals surface area (Å²) in [4.78, 5) is 25.4. The molecule has 3 aromatic rings. The minimum atomic E-state index is -0.563. The van der Waals surface area contributed by atoms with Gasteiger partial charge in [0.1, 0.15) is 12.1 Å². The Morgan fingerprint density at radius 3 is 2.23 bits per heavy atom. The van der Waals surface area contributed by atoms with Crippen molar-refractivity contribution >= 4 is 22.7 Å². The van der Waals surface area contributed by atoms with Crippen LogP contribution in [0.15, 0.2) is 72.4 Å². The Hall–Kier alpha value is -3.34. The number of allylic oxidation sites excluding steroid dienone is 2. The molecule has 4 rings (SSSR count). The van der Waals surface area contributed by atoms with Gasteiger partial charge >= 0.3 is 0 Å². The summed E-state index contributed by atoms with van der Waals surface area (Å²) < 4.78 is 2.19. The Morgan fingerprint density at radius 2 is 1.53 bits per heavy atom. The molecule has 2 aromatic carbocycles. The van der Waals surface area contributed by atoms with E-state index in [4.69, 9.17) is 0 Å². The van der Waals surface area contributed by atoms with Gasteiger partial charge in [-0.3, -0.25) is 9.59 Å². The van der Waals surface area contributed by atoms with Crippen LogP contribution in [-0.4, -0.2) is 28.5 Å². The first-order valence-electron chi connectivity index (χ1n) is 10.4. The van der Waals surface area contributed by atoms with E-state index >= 15 is 0 Å². The van der Waals surface area contributed by atoms with Crippen molar-refractivity contribution in [2.75, 3.05) is 0 Å². The molecule has 0 aliphatic carbocycles. The molecule has 5 nitrogen and oxygen atoms in total. The Morgan fingerprint density at radius 1 is 0.900 bits per heavy atom. The smallest absolute Gasteiger partial charge is 0.243 e. The molecule has 0 saturated carbocycles. The number of hydrogen-bond acceptors (Lipinski definition) is 2. The molecule has 1 saturated heterocycles. The summed E-state index contributed by atoms with van der Waals surface area (Å²) in [6.45, 7) is 4.95. The lowest BCUT2D eigenvalue weighted by Gasteiger charge is -2.29. The van der Waals surface area contributed by atoms with Gasteiger partial charge in [0.05, 0.1) is 0 Å². The third-order valence-electron chi connectivity index (χ3n) is 5.54. The average Bonchev–Trinajstić information content (AvgIpc) is 3.08. The molecule has 154 valence electrons. The first kappa shape index (κ1) is 20.0. The molecule has 2 atom stereocenters. The van der Waals surface area contributed by atoms with Gasteiger partial charge in [0.2, 0.25) is 11.8 Å². The number of nitrogens with one attached hydrogen (secondary N) is 2. The molecular weight excluding hydrogens is 374 g/mol. The van der Waals surface area contributed by atoms with Crippen LogP contribution >= 0.6 is 0 Å². The predicted molar refractivity (Wildman–Crippen MR) is 119 cm³/mol. The van der Waals surface area contributed by atoms with Crippen molar-refractivity contribution in [1.29, 1.82) is 0 Å². The highest BCUT2D eigenvalue weighted by Crippen LogP contribution is 2.23. The summed E-state index contributed by atoms with van der Waals surface area (Å²) in [5.74, 6) is -0.256. The van der Waals surface area contributed by atoms with Crippen LogP contribution < -0.4 is 10.6 Å². The minimum Gasteiger partial charge on any atom is -0.343 e. The molecule has 1 aliphatic rings. The lowest BCUT2D eigenvalue weighted by atomic mass is 9.98. The van der Waals surface area contributed by atoms with Crippen molar-refractivity contribution in [3.05, 3.63) is 83.6 Å². The fourth-order valence-electron chi connectivity index (χ4n) is 3.95. The van der Waals surface area contributed by atoms with Gasteiger partial charge in [-0.2, -0.15) is 0 Å². The van der Waals surface area contributed by atoms with Gasteiger partial charge in [-0.05, 0) is 31.0 Å². The third-order valence-corrected chi connectivity index (χ3v) is 5.54. The van der Waals surface area contributed by atoms with Crippen LogP contribution in [0, 0.1) is 0 Å². The molecule has 0 radical (unpaired) electrons. The van der Waals surface area contributed by atoms with E-state index < -0.39 is 12.1 Å². The molecule has 2 heterocycles. The van der Waals surface area contributed by atoms with E-state index in [0.717, 1.165) is 28.6 Å². The summed E-state index contributed by atoms with van der Waals surface area (Å²) in [6.07, 6.45) is 5.24. The Balaban J connectivity index is 1.51. The van der Waals surface area contributed by atoms with E-state index in [1.807, 2.05) is 42.5 Å². The highest BCUT2D eigenvalue weighted by molar-refractivity contribution is 5.97. The largest absolute Gasteiger partial charge is 0.343 e. The summed E-state index contributed by atoms with van der Waals surface area (Å²) in [5, 5.41) is 6.97. The number of carbonyl (C=O) groups is 2. The van der Waals surface area contributed by atoms with Gasteiger partial charge in [0.15, 0.2) is 0 Å². The number of aromatic nitrogens is 1. The number of rotatable bonds is 6. The third kappa shape index (κ3) is 4.30. The summed E-state index contributed by atoms with van der Waals surface area (Å²) in [6, 6.07) is 16.8. The zero-order valence-corrected chi connectivity index (χ0v) is 17.4. The van der Waals surface area contributed by atoms with Gasteiger partial charge in [-0.1, -0.05) is 60.2 Å². The first-order valence-corrected chi connectivity index (χ1v) is 10.4. The number of carbonyl (C=O) groups excluding carboxylic acids is 2. The van der Waals surface area contributed by atoms with E-state index in [9.17, 15) is 9.59 Å². The van der Waals surface area contributed by atoms with Gasteiger partial charge < -0.3 is 15.2 Å². The van der Waals surface area contributed by atoms with Crippen molar-refractivity contribution in [3.8, 4) is 0 Å². The molecule has 0 bridgehead atoms. The number of benzene rings is 2. The maximum Gasteiger partial charge on any atom is 0.243 e. The van der Waals surface area contributed by atoms with Crippen molar-refractivity contribution in [3.63, 3.8) is 0 Å². The average molecular weight is 402 g/mol. The second-order valence-corrected chi connectivity index (χ2v) is 8.12. The van der Waals surface area contributed by atoms with Gasteiger partial charge in [-0.15, -0.1) is 0 Å². The maximum absolute atomic E-state index is 12.8. The highest BCUT2D eigenvalue weighted by Gasteiger charge is 2.34. The topological polar surface area (TPSA) is 63.1 Å². The number of amides is 2. The molecule has 0 unspecified atom stereocenters. The molecule has 30 heavy (non-hydrogen) atoms. The molecule has 0 spiro atoms. The molecule has 2 amide bonds. The van der Waals surface area contributed by atoms with E-state index in [2.05, 4.69) is 53.5 Å². The minimum absolute atomic E-state index is 0.128. The maximum atomic E-state index is 12.8. The van der Waals surface area contributed by atoms with Crippen LogP contribution in [0.25, 0.3) is 10.9 Å². The summed E-state index contributed by atoms with van der Waals surface area (Å²) >= 11 is 0. The summed E-state index contributed by atoms with van der Waals surface area (Å²) in [5.41, 5.74) is 4.49. The molecular formula is C25H27N3O2. The van der Waals surface area contributed by atoms with Crippen LogP contribution in [0.3, 0.4) is 0 Å². The van der Waals surface area contributed by atoms with E-state index in [1.54, 1.807) is 0 Å². The van der Waals surface area contributed by atoms with E-state index in [1.165, 1.54) is 5.57 Å². The summed E-state index contributed by atoms with van der Waals surface area (Å²) in [7, 11) is 0. The second kappa shape index (κ2) is 8.57. The lowest BCUT2D eigenvalue weighted by Crippen LogP contribution is -2.62. The molecule has 1 aliphatic heterocycles. The number of nitrogens with zero attached hydrogens (tertiary/aromatic N) is 1. The molecule has 1 fully saturated rings. The Labute approximate surface area is 176 Å². The lowest BCUT2D eigenvalue weighted by molar-refractivity contribution is -0.136. The van der Waals surface area contributed by atoms with Crippen LogP contribution in [0.4, 0.5) is 0 Å². The number of fused-ring (bicyclic) bond motifs is 1. The van der Waals surface area contributed by atoms with Crippen molar-refractivity contribution in [1.82, 2.24) is 15.2 Å². The van der Waals surface area contributed by atoms with Gasteiger partial charge in [0.25, 0.3) is 0 Å². The zero-order chi connectivity index (χ0) is 21.1. The first-order chi connectivity index (χ1) is 14.5. The number of hydrogen-bond donors (Lipinski definition) is 2. The van der Waals surface area contributed by atoms with Crippen LogP contribution in [0.5, 0.6) is 0 Å². The quantitative estimate of drug-likeness (QED) is 0.622. The molecule has 1 aromatic heterocycles. The molecule has 5 heteroatoms. The standard InChI is InChI=1S/C25H27N3O2/c1-17(2)12-13-28-16-19(20-10-6-7-11-23(20)28)15-22-25(30)26-21(24(29)27-22)14-18-8-4-3-5-9-18/h3-12,16,21-22H,13-15H2,1-2H3,(H,26,30)(H,27,29)/t21-,22-/m0/s1. The van der Waals surface area contributed by atoms with E-state index in [0.29, 0.717) is 12.8 Å². The predicted octanol–water partition coefficient (Wildman–Crippen LogP) is 3.38. The van der Waals surface area contributed by atoms with Crippen molar-refractivity contribution in [2.24, 2.45) is 0 Å². The Bertz CT molecular complexity index is 1090. The van der Waals surface area contributed by atoms with Crippen molar-refractivity contribution in [2.45, 2.75) is 45.3 Å². The monoisotopic (exact) mass is 401 g/mol. The number of piperazine rings is 1. The fourth-order valence-corrected chi connectivity index (χ4v) is 3.95. The van der Waals surface area contributed by atoms with Crippen LogP contribution in [0.2, 0.25) is 0 Å². The number of para-hydroxylation sites is 1. The molecule has 2 N–H and O–H groups in total. The van der Waals surface area contributed by atoms with Crippen molar-refractivity contribution < 1.29 is 9.59 Å². The normalized spacial score (nSPS) is 18.7. The Kier molecular flexibility index (Phi) is 5.70. The van der Waals surface area contributed by atoms with Crippen LogP contribution in [0.1, 0.15) is 25.0 Å². The van der Waals surface area contributed by atoms with Crippen LogP contribution in [-0.2, 0) is 29.0 Å². The second-order valence-electron chi connectivity index (χ2n) is 8.12. The van der Waals surface area contributed by atoms with E-state index in [-0.39, 0.29) is 11.8 Å². The van der Waals surface area contributed by atoms with Gasteiger partial charge in [0, 0.05) is 36.5 Å². The van der Waals surface area contributed by atoms with Gasteiger partial charge in [-0.25, -0.2) is 0 Å². The zero-order valence-electron chi connectivity index (χ0n) is 17.4.